The summed E-state index contributed by atoms with van der Waals surface area (Å²) in [7, 11) is 0. The fourth-order valence-corrected chi connectivity index (χ4v) is 2.89. The highest BCUT2D eigenvalue weighted by Crippen LogP contribution is 2.20. The van der Waals surface area contributed by atoms with Crippen molar-refractivity contribution in [3.8, 4) is 0 Å². The Labute approximate surface area is 147 Å². The number of rotatable bonds is 6. The number of hydrogen-bond donors (Lipinski definition) is 1. The van der Waals surface area contributed by atoms with E-state index in [4.69, 9.17) is 4.52 Å². The summed E-state index contributed by atoms with van der Waals surface area (Å²) in [6.07, 6.45) is 4.10. The molecular weight excluding hydrogens is 320 g/mol. The first-order chi connectivity index (χ1) is 12.2. The van der Waals surface area contributed by atoms with Gasteiger partial charge >= 0.3 is 0 Å². The molecule has 0 radical (unpaired) electrons. The Morgan fingerprint density at radius 1 is 1.36 bits per heavy atom. The van der Waals surface area contributed by atoms with Gasteiger partial charge in [0, 0.05) is 38.8 Å². The first-order valence-electron chi connectivity index (χ1n) is 8.64. The molecular formula is C17H24N6O2. The minimum Gasteiger partial charge on any atom is -0.338 e. The van der Waals surface area contributed by atoms with Crippen molar-refractivity contribution in [1.82, 2.24) is 24.9 Å². The van der Waals surface area contributed by atoms with Crippen LogP contribution in [-0.4, -0.2) is 63.6 Å². The zero-order chi connectivity index (χ0) is 17.6. The second-order valence-corrected chi connectivity index (χ2v) is 6.18. The van der Waals surface area contributed by atoms with Gasteiger partial charge in [0.05, 0.1) is 24.5 Å². The zero-order valence-electron chi connectivity index (χ0n) is 14.7. The number of pyridine rings is 1. The number of carbonyl (C=O) groups excluding carboxylic acids is 1. The van der Waals surface area contributed by atoms with E-state index < -0.39 is 0 Å². The highest BCUT2D eigenvalue weighted by atomic mass is 16.5. The maximum absolute atomic E-state index is 12.1. The Kier molecular flexibility index (Phi) is 5.72. The third-order valence-corrected chi connectivity index (χ3v) is 4.42. The summed E-state index contributed by atoms with van der Waals surface area (Å²) in [6, 6.07) is 3.73. The van der Waals surface area contributed by atoms with Gasteiger partial charge < -0.3 is 9.84 Å². The van der Waals surface area contributed by atoms with Crippen molar-refractivity contribution >= 4 is 11.6 Å². The molecule has 0 saturated carbocycles. The summed E-state index contributed by atoms with van der Waals surface area (Å²) < 4.78 is 5.34. The van der Waals surface area contributed by atoms with Crippen molar-refractivity contribution < 1.29 is 9.32 Å². The van der Waals surface area contributed by atoms with Gasteiger partial charge in [-0.25, -0.2) is 0 Å². The van der Waals surface area contributed by atoms with Crippen LogP contribution < -0.4 is 5.32 Å². The minimum atomic E-state index is -0.0148. The molecule has 1 saturated heterocycles. The van der Waals surface area contributed by atoms with Crippen LogP contribution in [0.1, 0.15) is 31.6 Å². The Hall–Kier alpha value is -2.32. The number of hydrogen-bond acceptors (Lipinski definition) is 7. The van der Waals surface area contributed by atoms with Crippen molar-refractivity contribution in [2.24, 2.45) is 0 Å². The summed E-state index contributed by atoms with van der Waals surface area (Å²) >= 11 is 0. The van der Waals surface area contributed by atoms with Crippen LogP contribution in [0.5, 0.6) is 0 Å². The van der Waals surface area contributed by atoms with Crippen LogP contribution in [-0.2, 0) is 11.2 Å². The number of amides is 1. The van der Waals surface area contributed by atoms with E-state index in [0.29, 0.717) is 12.4 Å². The summed E-state index contributed by atoms with van der Waals surface area (Å²) in [6.45, 7) is 7.87. The van der Waals surface area contributed by atoms with Crippen LogP contribution in [0, 0.1) is 0 Å². The molecule has 8 nitrogen and oxygen atoms in total. The molecule has 1 unspecified atom stereocenters. The molecule has 1 aliphatic rings. The van der Waals surface area contributed by atoms with Crippen LogP contribution >= 0.6 is 0 Å². The quantitative estimate of drug-likeness (QED) is 0.846. The fraction of sp³-hybridized carbons (Fsp3) is 0.529. The lowest BCUT2D eigenvalue weighted by Crippen LogP contribution is -2.49. The van der Waals surface area contributed by atoms with Gasteiger partial charge in [0.1, 0.15) is 0 Å². The Bertz CT molecular complexity index is 681. The highest BCUT2D eigenvalue weighted by Gasteiger charge is 2.26. The number of anilines is 1. The van der Waals surface area contributed by atoms with Crippen LogP contribution in [0.4, 0.5) is 5.69 Å². The largest absolute Gasteiger partial charge is 0.338 e. The smallest absolute Gasteiger partial charge is 0.243 e. The average Bonchev–Trinajstić information content (AvgIpc) is 3.12. The van der Waals surface area contributed by atoms with E-state index >= 15 is 0 Å². The van der Waals surface area contributed by atoms with Gasteiger partial charge in [0.25, 0.3) is 0 Å². The molecule has 1 fully saturated rings. The van der Waals surface area contributed by atoms with Gasteiger partial charge in [-0.3, -0.25) is 19.6 Å². The number of piperazine rings is 1. The van der Waals surface area contributed by atoms with Gasteiger partial charge in [-0.1, -0.05) is 12.1 Å². The number of nitrogens with one attached hydrogen (secondary N) is 1. The van der Waals surface area contributed by atoms with E-state index in [0.717, 1.165) is 44.1 Å². The number of nitrogens with zero attached hydrogens (tertiary/aromatic N) is 5. The van der Waals surface area contributed by atoms with E-state index in [-0.39, 0.29) is 11.9 Å². The molecule has 25 heavy (non-hydrogen) atoms. The third kappa shape index (κ3) is 4.61. The van der Waals surface area contributed by atoms with E-state index in [9.17, 15) is 4.79 Å². The monoisotopic (exact) mass is 344 g/mol. The molecule has 2 aromatic heterocycles. The van der Waals surface area contributed by atoms with E-state index in [2.05, 4.69) is 37.2 Å². The maximum atomic E-state index is 12.1. The maximum Gasteiger partial charge on any atom is 0.243 e. The first kappa shape index (κ1) is 17.5. The molecule has 0 bridgehead atoms. The van der Waals surface area contributed by atoms with E-state index in [1.54, 1.807) is 18.5 Å². The normalized spacial score (nSPS) is 17.4. The fourth-order valence-electron chi connectivity index (χ4n) is 2.89. The average molecular weight is 344 g/mol. The van der Waals surface area contributed by atoms with Crippen molar-refractivity contribution in [2.75, 3.05) is 38.0 Å². The molecule has 8 heteroatoms. The molecule has 1 atom stereocenters. The Morgan fingerprint density at radius 2 is 2.16 bits per heavy atom. The first-order valence-corrected chi connectivity index (χ1v) is 8.64. The summed E-state index contributed by atoms with van der Waals surface area (Å²) in [4.78, 5) is 25.0. The summed E-state index contributed by atoms with van der Waals surface area (Å²) in [5.41, 5.74) is 0.725. The SMILES string of the molecule is CCc1noc(C(C)N2CCN(CC(=O)Nc3cccnc3)CC2)n1. The van der Waals surface area contributed by atoms with Gasteiger partial charge in [0.2, 0.25) is 11.8 Å². The van der Waals surface area contributed by atoms with Crippen LogP contribution in [0.3, 0.4) is 0 Å². The second-order valence-electron chi connectivity index (χ2n) is 6.18. The lowest BCUT2D eigenvalue weighted by Gasteiger charge is -2.36. The molecule has 0 spiro atoms. The van der Waals surface area contributed by atoms with E-state index in [1.807, 2.05) is 13.0 Å². The van der Waals surface area contributed by atoms with Gasteiger partial charge in [-0.2, -0.15) is 4.98 Å². The molecule has 3 rings (SSSR count). The van der Waals surface area contributed by atoms with Crippen LogP contribution in [0.15, 0.2) is 29.0 Å². The molecule has 2 aromatic rings. The highest BCUT2D eigenvalue weighted by molar-refractivity contribution is 5.92. The van der Waals surface area contributed by atoms with Crippen molar-refractivity contribution in [3.63, 3.8) is 0 Å². The lowest BCUT2D eigenvalue weighted by atomic mass is 10.2. The lowest BCUT2D eigenvalue weighted by molar-refractivity contribution is -0.117. The van der Waals surface area contributed by atoms with Crippen molar-refractivity contribution in [3.05, 3.63) is 36.2 Å². The molecule has 134 valence electrons. The van der Waals surface area contributed by atoms with Crippen molar-refractivity contribution in [2.45, 2.75) is 26.3 Å². The van der Waals surface area contributed by atoms with Gasteiger partial charge in [0.15, 0.2) is 5.82 Å². The zero-order valence-corrected chi connectivity index (χ0v) is 14.7. The Balaban J connectivity index is 1.46. The van der Waals surface area contributed by atoms with Gasteiger partial charge in [-0.15, -0.1) is 0 Å². The number of carbonyl (C=O) groups is 1. The van der Waals surface area contributed by atoms with Gasteiger partial charge in [-0.05, 0) is 19.1 Å². The molecule has 0 aliphatic carbocycles. The molecule has 0 aromatic carbocycles. The van der Waals surface area contributed by atoms with E-state index in [1.165, 1.54) is 0 Å². The summed E-state index contributed by atoms with van der Waals surface area (Å²) in [5, 5.41) is 6.83. The van der Waals surface area contributed by atoms with Crippen LogP contribution in [0.25, 0.3) is 0 Å². The topological polar surface area (TPSA) is 87.4 Å². The molecule has 3 heterocycles. The predicted octanol–water partition coefficient (Wildman–Crippen LogP) is 1.34. The minimum absolute atomic E-state index is 0.0148. The number of aryl methyl sites for hydroxylation is 1. The number of aromatic nitrogens is 3. The predicted molar refractivity (Wildman–Crippen MR) is 93.0 cm³/mol. The third-order valence-electron chi connectivity index (χ3n) is 4.42. The van der Waals surface area contributed by atoms with Crippen LogP contribution in [0.2, 0.25) is 0 Å². The standard InChI is InChI=1S/C17H24N6O2/c1-3-15-20-17(25-21-15)13(2)23-9-7-22(8-10-23)12-16(24)19-14-5-4-6-18-11-14/h4-6,11,13H,3,7-10,12H2,1-2H3,(H,19,24). The second kappa shape index (κ2) is 8.17. The van der Waals surface area contributed by atoms with Crippen molar-refractivity contribution in [1.29, 1.82) is 0 Å². The summed E-state index contributed by atoms with van der Waals surface area (Å²) in [5.74, 6) is 1.39. The molecule has 1 aliphatic heterocycles. The Morgan fingerprint density at radius 3 is 2.80 bits per heavy atom. The molecule has 1 N–H and O–H groups in total. The molecule has 1 amide bonds.